The highest BCUT2D eigenvalue weighted by Gasteiger charge is 2.35. The lowest BCUT2D eigenvalue weighted by Crippen LogP contribution is -2.40. The highest BCUT2D eigenvalue weighted by Crippen LogP contribution is 2.37. The first-order valence-electron chi connectivity index (χ1n) is 10.8. The number of aromatic hydroxyl groups is 1. The van der Waals surface area contributed by atoms with Crippen molar-refractivity contribution in [3.05, 3.63) is 84.9 Å². The predicted octanol–water partition coefficient (Wildman–Crippen LogP) is 5.03. The summed E-state index contributed by atoms with van der Waals surface area (Å²) in [5.41, 5.74) is 1.82. The molecule has 36 heavy (non-hydrogen) atoms. The number of methoxy groups -OCH3 is 1. The number of fused-ring (bicyclic) bond motifs is 1. The van der Waals surface area contributed by atoms with Gasteiger partial charge in [-0.1, -0.05) is 27.3 Å². The molecule has 4 rings (SSSR count). The third kappa shape index (κ3) is 5.20. The topological polar surface area (TPSA) is 90.1 Å². The zero-order chi connectivity index (χ0) is 26.3. The lowest BCUT2D eigenvalue weighted by atomic mass is 9.95. The number of halogens is 3. The molecule has 3 aromatic rings. The zero-order valence-corrected chi connectivity index (χ0v) is 25.8. The molecule has 0 saturated carbocycles. The zero-order valence-electron chi connectivity index (χ0n) is 19.6. The van der Waals surface area contributed by atoms with Gasteiger partial charge < -0.3 is 14.6 Å². The Hall–Kier alpha value is -1.96. The third-order valence-corrected chi connectivity index (χ3v) is 8.31. The van der Waals surface area contributed by atoms with Crippen LogP contribution >= 0.6 is 65.8 Å². The van der Waals surface area contributed by atoms with Crippen LogP contribution in [0, 0.1) is 3.57 Å². The Morgan fingerprint density at radius 3 is 2.64 bits per heavy atom. The first-order chi connectivity index (χ1) is 17.0. The van der Waals surface area contributed by atoms with E-state index in [0.717, 1.165) is 10.0 Å². The minimum Gasteiger partial charge on any atom is -0.506 e. The van der Waals surface area contributed by atoms with Gasteiger partial charge in [0, 0.05) is 10.0 Å². The molecule has 2 heterocycles. The summed E-state index contributed by atoms with van der Waals surface area (Å²) in [5, 5.41) is 10.1. The molecule has 0 unspecified atom stereocenters. The molecule has 0 aliphatic carbocycles. The fourth-order valence-electron chi connectivity index (χ4n) is 3.89. The second-order valence-electron chi connectivity index (χ2n) is 8.26. The van der Waals surface area contributed by atoms with Gasteiger partial charge in [0.25, 0.3) is 5.56 Å². The van der Waals surface area contributed by atoms with Crippen LogP contribution in [0.2, 0.25) is 0 Å². The van der Waals surface area contributed by atoms with E-state index in [1.54, 1.807) is 52.2 Å². The van der Waals surface area contributed by atoms with E-state index in [9.17, 15) is 14.7 Å². The van der Waals surface area contributed by atoms with Crippen LogP contribution in [0.25, 0.3) is 6.08 Å². The first-order valence-corrected chi connectivity index (χ1v) is 14.2. The van der Waals surface area contributed by atoms with Gasteiger partial charge in [-0.25, -0.2) is 9.79 Å². The van der Waals surface area contributed by atoms with E-state index >= 15 is 0 Å². The van der Waals surface area contributed by atoms with Gasteiger partial charge in [-0.15, -0.1) is 0 Å². The van der Waals surface area contributed by atoms with Crippen molar-refractivity contribution in [1.29, 1.82) is 0 Å². The maximum atomic E-state index is 13.8. The van der Waals surface area contributed by atoms with Gasteiger partial charge in [0.2, 0.25) is 0 Å². The van der Waals surface area contributed by atoms with E-state index in [-0.39, 0.29) is 23.0 Å². The molecular weight excluding hydrogens is 727 g/mol. The molecule has 0 bridgehead atoms. The average Bonchev–Trinajstić information content (AvgIpc) is 3.10. The highest BCUT2D eigenvalue weighted by atomic mass is 127. The molecule has 11 heteroatoms. The van der Waals surface area contributed by atoms with E-state index in [1.807, 2.05) is 34.7 Å². The van der Waals surface area contributed by atoms with E-state index < -0.39 is 12.0 Å². The standard InChI is InChI=1S/C25H21Br2IN2O5S/c1-11(2)35-24(33)20-12(3)29-25-30(21(20)15-10-14(26)5-6-18(15)34-4)23(32)19(36-25)9-13-7-16(27)22(31)17(28)8-13/h5-11,21,31H,1-4H3/b19-9-/t21-/m1/s1. The summed E-state index contributed by atoms with van der Waals surface area (Å²) in [6.07, 6.45) is 1.40. The van der Waals surface area contributed by atoms with Crippen LogP contribution in [0.15, 0.2) is 60.3 Å². The number of ether oxygens (including phenoxy) is 2. The molecule has 0 fully saturated rings. The van der Waals surface area contributed by atoms with Crippen molar-refractivity contribution >= 4 is 77.8 Å². The van der Waals surface area contributed by atoms with Gasteiger partial charge in [0.1, 0.15) is 17.5 Å². The smallest absolute Gasteiger partial charge is 0.338 e. The molecule has 1 N–H and O–H groups in total. The van der Waals surface area contributed by atoms with Crippen LogP contribution in [0.5, 0.6) is 11.5 Å². The summed E-state index contributed by atoms with van der Waals surface area (Å²) >= 11 is 10.1. The Kier molecular flexibility index (Phi) is 8.13. The van der Waals surface area contributed by atoms with Crippen LogP contribution in [0.1, 0.15) is 37.9 Å². The number of benzene rings is 2. The number of phenolic OH excluding ortho intramolecular Hbond substituents is 1. The number of hydrogen-bond donors (Lipinski definition) is 1. The van der Waals surface area contributed by atoms with Crippen molar-refractivity contribution in [2.75, 3.05) is 7.11 Å². The quantitative estimate of drug-likeness (QED) is 0.293. The van der Waals surface area contributed by atoms with Crippen molar-refractivity contribution in [1.82, 2.24) is 4.57 Å². The van der Waals surface area contributed by atoms with Crippen LogP contribution in [0.4, 0.5) is 0 Å². The Balaban J connectivity index is 2.01. The summed E-state index contributed by atoms with van der Waals surface area (Å²) in [7, 11) is 1.55. The molecule has 0 spiro atoms. The largest absolute Gasteiger partial charge is 0.506 e. The molecule has 1 aromatic heterocycles. The average molecular weight is 748 g/mol. The van der Waals surface area contributed by atoms with Gasteiger partial charge >= 0.3 is 5.97 Å². The number of esters is 1. The minimum atomic E-state index is -0.797. The summed E-state index contributed by atoms with van der Waals surface area (Å²) in [5.74, 6) is 0.129. The van der Waals surface area contributed by atoms with Crippen molar-refractivity contribution in [3.63, 3.8) is 0 Å². The van der Waals surface area contributed by atoms with E-state index in [0.29, 0.717) is 34.4 Å². The van der Waals surface area contributed by atoms with Crippen molar-refractivity contribution in [2.45, 2.75) is 32.9 Å². The fraction of sp³-hybridized carbons (Fsp3) is 0.240. The van der Waals surface area contributed by atoms with Crippen molar-refractivity contribution in [2.24, 2.45) is 4.99 Å². The SMILES string of the molecule is COc1ccc(Br)cc1[C@@H]1C(C(=O)OC(C)C)=C(C)N=c2s/c(=C\c3cc(Br)c(O)c(I)c3)c(=O)n21. The summed E-state index contributed by atoms with van der Waals surface area (Å²) in [6.45, 7) is 5.29. The Labute approximate surface area is 241 Å². The monoisotopic (exact) mass is 746 g/mol. The first kappa shape index (κ1) is 27.1. The molecule has 0 radical (unpaired) electrons. The number of carbonyl (C=O) groups excluding carboxylic acids is 1. The highest BCUT2D eigenvalue weighted by molar-refractivity contribution is 14.1. The number of allylic oxidation sites excluding steroid dienone is 1. The Morgan fingerprint density at radius 1 is 1.28 bits per heavy atom. The maximum absolute atomic E-state index is 13.8. The lowest BCUT2D eigenvalue weighted by molar-refractivity contribution is -0.143. The minimum absolute atomic E-state index is 0.139. The van der Waals surface area contributed by atoms with Gasteiger partial charge in [-0.2, -0.15) is 0 Å². The molecule has 7 nitrogen and oxygen atoms in total. The second-order valence-corrected chi connectivity index (χ2v) is 12.2. The van der Waals surface area contributed by atoms with Gasteiger partial charge in [-0.3, -0.25) is 9.36 Å². The number of nitrogens with zero attached hydrogens (tertiary/aromatic N) is 2. The molecule has 188 valence electrons. The number of carbonyl (C=O) groups is 1. The molecule has 0 saturated heterocycles. The van der Waals surface area contributed by atoms with Crippen LogP contribution in [-0.4, -0.2) is 28.9 Å². The predicted molar refractivity (Wildman–Crippen MR) is 154 cm³/mol. The van der Waals surface area contributed by atoms with Gasteiger partial charge in [0.05, 0.1) is 37.1 Å². The lowest BCUT2D eigenvalue weighted by Gasteiger charge is -2.26. The van der Waals surface area contributed by atoms with E-state index in [4.69, 9.17) is 9.47 Å². The van der Waals surface area contributed by atoms with Gasteiger partial charge in [0.15, 0.2) is 4.80 Å². The number of hydrogen-bond acceptors (Lipinski definition) is 7. The van der Waals surface area contributed by atoms with Crippen molar-refractivity contribution in [3.8, 4) is 11.5 Å². The van der Waals surface area contributed by atoms with Gasteiger partial charge in [-0.05, 0) is 101 Å². The number of thiazole rings is 1. The number of rotatable bonds is 5. The Bertz CT molecular complexity index is 1570. The van der Waals surface area contributed by atoms with E-state index in [1.165, 1.54) is 15.9 Å². The maximum Gasteiger partial charge on any atom is 0.338 e. The third-order valence-electron chi connectivity index (χ3n) is 5.41. The molecule has 2 aromatic carbocycles. The molecule has 1 atom stereocenters. The number of phenols is 1. The van der Waals surface area contributed by atoms with E-state index in [2.05, 4.69) is 36.9 Å². The van der Waals surface area contributed by atoms with Crippen LogP contribution in [0.3, 0.4) is 0 Å². The van der Waals surface area contributed by atoms with Crippen LogP contribution < -0.4 is 19.6 Å². The summed E-state index contributed by atoms with van der Waals surface area (Å²) in [4.78, 5) is 32.2. The van der Waals surface area contributed by atoms with Crippen LogP contribution in [-0.2, 0) is 9.53 Å². The molecule has 0 amide bonds. The normalized spacial score (nSPS) is 15.7. The molecule has 1 aliphatic heterocycles. The summed E-state index contributed by atoms with van der Waals surface area (Å²) < 4.78 is 15.1. The Morgan fingerprint density at radius 2 is 2.00 bits per heavy atom. The summed E-state index contributed by atoms with van der Waals surface area (Å²) in [6, 6.07) is 8.17. The number of aromatic nitrogens is 1. The second kappa shape index (κ2) is 10.8. The molecule has 1 aliphatic rings. The fourth-order valence-corrected chi connectivity index (χ4v) is 6.82. The van der Waals surface area contributed by atoms with Crippen molar-refractivity contribution < 1.29 is 19.4 Å². The molecular formula is C25H21Br2IN2O5S.